The van der Waals surface area contributed by atoms with Crippen LogP contribution in [0.15, 0.2) is 24.0 Å². The van der Waals surface area contributed by atoms with Crippen LogP contribution < -0.4 is 5.73 Å². The van der Waals surface area contributed by atoms with Gasteiger partial charge in [0.2, 0.25) is 0 Å². The van der Waals surface area contributed by atoms with E-state index in [4.69, 9.17) is 10.5 Å². The zero-order valence-electron chi connectivity index (χ0n) is 10.8. The van der Waals surface area contributed by atoms with Crippen molar-refractivity contribution >= 4 is 12.2 Å². The molecule has 2 N–H and O–H groups in total. The molecule has 0 fully saturated rings. The van der Waals surface area contributed by atoms with E-state index < -0.39 is 0 Å². The van der Waals surface area contributed by atoms with E-state index in [1.54, 1.807) is 6.20 Å². The molecule has 1 aliphatic rings. The molecule has 0 aliphatic heterocycles. The van der Waals surface area contributed by atoms with Gasteiger partial charge in [0.15, 0.2) is 0 Å². The zero-order chi connectivity index (χ0) is 13.2. The summed E-state index contributed by atoms with van der Waals surface area (Å²) in [6.45, 7) is 5.17. The van der Waals surface area contributed by atoms with Crippen molar-refractivity contribution in [3.8, 4) is 0 Å². The van der Waals surface area contributed by atoms with Gasteiger partial charge in [0.25, 0.3) is 6.47 Å². The number of pyridine rings is 1. The molecule has 2 rings (SSSR count). The molecule has 0 amide bonds. The highest BCUT2D eigenvalue weighted by molar-refractivity contribution is 5.71. The van der Waals surface area contributed by atoms with Gasteiger partial charge in [-0.05, 0) is 29.0 Å². The van der Waals surface area contributed by atoms with Crippen molar-refractivity contribution in [1.29, 1.82) is 0 Å². The van der Waals surface area contributed by atoms with Crippen LogP contribution >= 0.6 is 0 Å². The molecular formula is C14H18N2O2. The van der Waals surface area contributed by atoms with Crippen LogP contribution in [-0.4, -0.2) is 18.1 Å². The number of carbonyl (C=O) groups is 1. The van der Waals surface area contributed by atoms with Crippen molar-refractivity contribution in [3.63, 3.8) is 0 Å². The molecule has 1 aromatic rings. The summed E-state index contributed by atoms with van der Waals surface area (Å²) in [5, 5.41) is 0. The van der Waals surface area contributed by atoms with Gasteiger partial charge >= 0.3 is 0 Å². The lowest BCUT2D eigenvalue weighted by Gasteiger charge is -2.35. The first-order valence-electron chi connectivity index (χ1n) is 6.04. The van der Waals surface area contributed by atoms with E-state index in [0.29, 0.717) is 19.5 Å². The predicted molar refractivity (Wildman–Crippen MR) is 69.5 cm³/mol. The minimum Gasteiger partial charge on any atom is -0.468 e. The van der Waals surface area contributed by atoms with Crippen LogP contribution in [0.1, 0.15) is 31.4 Å². The fourth-order valence-corrected chi connectivity index (χ4v) is 2.62. The van der Waals surface area contributed by atoms with Gasteiger partial charge in [-0.3, -0.25) is 9.78 Å². The smallest absolute Gasteiger partial charge is 0.293 e. The van der Waals surface area contributed by atoms with Crippen LogP contribution in [0.2, 0.25) is 0 Å². The van der Waals surface area contributed by atoms with Crippen LogP contribution in [0.3, 0.4) is 0 Å². The largest absolute Gasteiger partial charge is 0.468 e. The predicted octanol–water partition coefficient (Wildman–Crippen LogP) is 1.90. The monoisotopic (exact) mass is 246 g/mol. The minimum absolute atomic E-state index is 0.0215. The van der Waals surface area contributed by atoms with E-state index >= 15 is 0 Å². The Morgan fingerprint density at radius 1 is 1.56 bits per heavy atom. The Morgan fingerprint density at radius 3 is 3.06 bits per heavy atom. The summed E-state index contributed by atoms with van der Waals surface area (Å²) >= 11 is 0. The van der Waals surface area contributed by atoms with E-state index in [9.17, 15) is 4.79 Å². The van der Waals surface area contributed by atoms with Crippen LogP contribution in [0.25, 0.3) is 5.70 Å². The van der Waals surface area contributed by atoms with E-state index in [1.165, 1.54) is 5.56 Å². The molecule has 1 aliphatic carbocycles. The maximum atomic E-state index is 10.2. The minimum atomic E-state index is -0.0215. The molecule has 0 saturated carbocycles. The Balaban J connectivity index is 2.37. The topological polar surface area (TPSA) is 65.2 Å². The molecule has 0 saturated heterocycles. The highest BCUT2D eigenvalue weighted by Crippen LogP contribution is 2.41. The van der Waals surface area contributed by atoms with Gasteiger partial charge in [0.1, 0.15) is 0 Å². The molecular weight excluding hydrogens is 228 g/mol. The molecule has 0 radical (unpaired) electrons. The van der Waals surface area contributed by atoms with Crippen molar-refractivity contribution in [2.24, 2.45) is 11.1 Å². The normalized spacial score (nSPS) is 17.2. The number of carbonyl (C=O) groups excluding carboxylic acids is 1. The first-order chi connectivity index (χ1) is 8.56. The molecule has 18 heavy (non-hydrogen) atoms. The van der Waals surface area contributed by atoms with Crippen LogP contribution in [0, 0.1) is 5.41 Å². The third kappa shape index (κ3) is 2.23. The van der Waals surface area contributed by atoms with E-state index in [1.807, 2.05) is 12.3 Å². The van der Waals surface area contributed by atoms with E-state index in [-0.39, 0.29) is 5.41 Å². The third-order valence-electron chi connectivity index (χ3n) is 3.51. The molecule has 96 valence electrons. The Hall–Kier alpha value is -1.84. The van der Waals surface area contributed by atoms with Gasteiger partial charge in [-0.15, -0.1) is 0 Å². The average Bonchev–Trinajstić information content (AvgIpc) is 2.33. The average molecular weight is 246 g/mol. The van der Waals surface area contributed by atoms with Gasteiger partial charge < -0.3 is 10.5 Å². The quantitative estimate of drug-likeness (QED) is 0.651. The summed E-state index contributed by atoms with van der Waals surface area (Å²) in [6, 6.07) is 1.94. The van der Waals surface area contributed by atoms with Crippen LogP contribution in [0.4, 0.5) is 0 Å². The lowest BCUT2D eigenvalue weighted by molar-refractivity contribution is -0.128. The maximum Gasteiger partial charge on any atom is 0.293 e. The van der Waals surface area contributed by atoms with Gasteiger partial charge in [0.05, 0.1) is 6.61 Å². The van der Waals surface area contributed by atoms with E-state index in [2.05, 4.69) is 18.8 Å². The molecule has 0 spiro atoms. The van der Waals surface area contributed by atoms with Crippen molar-refractivity contribution in [2.45, 2.75) is 26.7 Å². The molecule has 4 nitrogen and oxygen atoms in total. The number of aromatic nitrogens is 1. The standard InChI is InChI=1S/C14H18N2O2/c1-14(2)7-10-8-16-5-3-11(10)13(15)12(14)4-6-18-9-17/h3,5,8-9H,4,6-7,15H2,1-2H3. The highest BCUT2D eigenvalue weighted by atomic mass is 16.5. The van der Waals surface area contributed by atoms with Gasteiger partial charge in [0, 0.05) is 30.1 Å². The highest BCUT2D eigenvalue weighted by Gasteiger charge is 2.32. The number of nitrogens with zero attached hydrogens (tertiary/aromatic N) is 1. The summed E-state index contributed by atoms with van der Waals surface area (Å²) in [6.07, 6.45) is 5.22. The Kier molecular flexibility index (Phi) is 3.36. The molecule has 1 heterocycles. The van der Waals surface area contributed by atoms with Crippen molar-refractivity contribution < 1.29 is 9.53 Å². The number of rotatable bonds is 4. The zero-order valence-corrected chi connectivity index (χ0v) is 10.8. The molecule has 0 bridgehead atoms. The number of nitrogens with two attached hydrogens (primary N) is 1. The second-order valence-corrected chi connectivity index (χ2v) is 5.20. The third-order valence-corrected chi connectivity index (χ3v) is 3.51. The van der Waals surface area contributed by atoms with Crippen molar-refractivity contribution in [1.82, 2.24) is 4.98 Å². The first kappa shape index (κ1) is 12.6. The summed E-state index contributed by atoms with van der Waals surface area (Å²) in [5.74, 6) is 0. The lowest BCUT2D eigenvalue weighted by Crippen LogP contribution is -2.28. The Labute approximate surface area is 107 Å². The maximum absolute atomic E-state index is 10.2. The molecule has 1 aromatic heterocycles. The Bertz CT molecular complexity index is 492. The van der Waals surface area contributed by atoms with Gasteiger partial charge in [-0.2, -0.15) is 0 Å². The number of ether oxygens (including phenoxy) is 1. The van der Waals surface area contributed by atoms with Crippen LogP contribution in [-0.2, 0) is 16.0 Å². The van der Waals surface area contributed by atoms with Gasteiger partial charge in [-0.1, -0.05) is 13.8 Å². The van der Waals surface area contributed by atoms with Crippen LogP contribution in [0.5, 0.6) is 0 Å². The first-order valence-corrected chi connectivity index (χ1v) is 6.04. The second-order valence-electron chi connectivity index (χ2n) is 5.20. The number of fused-ring (bicyclic) bond motifs is 1. The number of hydrogen-bond donors (Lipinski definition) is 1. The molecule has 0 unspecified atom stereocenters. The summed E-state index contributed by atoms with van der Waals surface area (Å²) in [4.78, 5) is 14.4. The second kappa shape index (κ2) is 4.80. The fourth-order valence-electron chi connectivity index (χ4n) is 2.62. The Morgan fingerprint density at radius 2 is 2.33 bits per heavy atom. The van der Waals surface area contributed by atoms with Crippen molar-refractivity contribution in [2.75, 3.05) is 6.61 Å². The summed E-state index contributed by atoms with van der Waals surface area (Å²) in [5.41, 5.74) is 10.4. The molecule has 4 heteroatoms. The molecule has 0 atom stereocenters. The number of hydrogen-bond acceptors (Lipinski definition) is 4. The SMILES string of the molecule is CC1(C)Cc2cnccc2C(N)=C1CCOC=O. The summed E-state index contributed by atoms with van der Waals surface area (Å²) in [7, 11) is 0. The van der Waals surface area contributed by atoms with Gasteiger partial charge in [-0.25, -0.2) is 0 Å². The fraction of sp³-hybridized carbons (Fsp3) is 0.429. The summed E-state index contributed by atoms with van der Waals surface area (Å²) < 4.78 is 4.78. The van der Waals surface area contributed by atoms with Crippen molar-refractivity contribution in [3.05, 3.63) is 35.2 Å². The lowest BCUT2D eigenvalue weighted by atomic mass is 9.71. The van der Waals surface area contributed by atoms with E-state index in [0.717, 1.165) is 23.3 Å². The molecule has 0 aromatic carbocycles.